The van der Waals surface area contributed by atoms with Gasteiger partial charge in [0.2, 0.25) is 0 Å². The van der Waals surface area contributed by atoms with Gasteiger partial charge in [0.1, 0.15) is 24.9 Å². The maximum atomic E-state index is 6.70. The molecule has 2 N–H and O–H groups in total. The predicted molar refractivity (Wildman–Crippen MR) is 173 cm³/mol. The van der Waals surface area contributed by atoms with Crippen molar-refractivity contribution in [2.24, 2.45) is 10.7 Å². The van der Waals surface area contributed by atoms with Crippen molar-refractivity contribution in [3.8, 4) is 11.4 Å². The summed E-state index contributed by atoms with van der Waals surface area (Å²) in [5, 5.41) is 9.36. The number of hydrogen-bond donors (Lipinski definition) is 1. The van der Waals surface area contributed by atoms with Gasteiger partial charge < -0.3 is 20.3 Å². The van der Waals surface area contributed by atoms with E-state index in [4.69, 9.17) is 22.1 Å². The normalized spacial score (nSPS) is 16.2. The topological polar surface area (TPSA) is 88.0 Å². The third kappa shape index (κ3) is 6.54. The summed E-state index contributed by atoms with van der Waals surface area (Å²) in [7, 11) is 2.16. The van der Waals surface area contributed by atoms with Crippen molar-refractivity contribution in [1.82, 2.24) is 24.8 Å². The predicted octanol–water partition coefficient (Wildman–Crippen LogP) is 5.36. The molecule has 10 heteroatoms. The number of hydrogen-bond acceptors (Lipinski definition) is 8. The molecule has 0 atom stereocenters. The summed E-state index contributed by atoms with van der Waals surface area (Å²) in [5.74, 6) is 1.13. The SMILES string of the molecule is CN1CCN(Cc2cn(-c3ccc4c(c3)C(N)=NCN4c3ccc(OCc4ccc(C(C)(C)C)cc4)c(Cl)c3)nn2)CC1. The van der Waals surface area contributed by atoms with Gasteiger partial charge in [-0.3, -0.25) is 4.90 Å². The summed E-state index contributed by atoms with van der Waals surface area (Å²) in [6.45, 7) is 12.5. The van der Waals surface area contributed by atoms with Crippen LogP contribution in [0.2, 0.25) is 5.02 Å². The van der Waals surface area contributed by atoms with E-state index in [1.807, 2.05) is 42.6 Å². The average molecular weight is 599 g/mol. The second kappa shape index (κ2) is 12.0. The number of rotatable bonds is 7. The molecule has 2 aliphatic heterocycles. The van der Waals surface area contributed by atoms with Crippen molar-refractivity contribution in [3.63, 3.8) is 0 Å². The number of fused-ring (bicyclic) bond motifs is 1. The van der Waals surface area contributed by atoms with Crippen LogP contribution in [0, 0.1) is 0 Å². The van der Waals surface area contributed by atoms with Gasteiger partial charge in [0.25, 0.3) is 0 Å². The highest BCUT2D eigenvalue weighted by Gasteiger charge is 2.22. The van der Waals surface area contributed by atoms with E-state index >= 15 is 0 Å². The quantitative estimate of drug-likeness (QED) is 0.306. The van der Waals surface area contributed by atoms with Gasteiger partial charge in [0.15, 0.2) is 0 Å². The average Bonchev–Trinajstić information content (AvgIpc) is 3.46. The Morgan fingerprint density at radius 3 is 2.40 bits per heavy atom. The highest BCUT2D eigenvalue weighted by molar-refractivity contribution is 6.32. The van der Waals surface area contributed by atoms with Crippen LogP contribution in [-0.4, -0.2) is 70.5 Å². The third-order valence-corrected chi connectivity index (χ3v) is 8.45. The van der Waals surface area contributed by atoms with Gasteiger partial charge in [-0.2, -0.15) is 0 Å². The number of piperazine rings is 1. The molecule has 0 bridgehead atoms. The Kier molecular flexibility index (Phi) is 8.13. The number of likely N-dealkylation sites (N-methyl/N-ethyl adjacent to an activating group) is 1. The highest BCUT2D eigenvalue weighted by atomic mass is 35.5. The molecule has 3 heterocycles. The Morgan fingerprint density at radius 2 is 1.67 bits per heavy atom. The van der Waals surface area contributed by atoms with E-state index in [-0.39, 0.29) is 5.41 Å². The van der Waals surface area contributed by atoms with Crippen molar-refractivity contribution < 1.29 is 4.74 Å². The van der Waals surface area contributed by atoms with E-state index in [1.54, 1.807) is 4.68 Å². The zero-order valence-corrected chi connectivity index (χ0v) is 26.1. The van der Waals surface area contributed by atoms with E-state index in [1.165, 1.54) is 5.56 Å². The molecule has 1 fully saturated rings. The fraction of sp³-hybridized carbons (Fsp3) is 0.364. The van der Waals surface area contributed by atoms with Crippen molar-refractivity contribution in [3.05, 3.63) is 94.3 Å². The van der Waals surface area contributed by atoms with Crippen LogP contribution in [0.3, 0.4) is 0 Å². The fourth-order valence-electron chi connectivity index (χ4n) is 5.40. The van der Waals surface area contributed by atoms with Gasteiger partial charge in [-0.1, -0.05) is 61.9 Å². The second-order valence-electron chi connectivity index (χ2n) is 12.4. The molecule has 3 aromatic carbocycles. The maximum absolute atomic E-state index is 6.70. The van der Waals surface area contributed by atoms with E-state index < -0.39 is 0 Å². The number of benzene rings is 3. The molecule has 0 saturated carbocycles. The number of aliphatic imine (C=N–C) groups is 1. The third-order valence-electron chi connectivity index (χ3n) is 8.16. The van der Waals surface area contributed by atoms with Crippen LogP contribution < -0.4 is 15.4 Å². The highest BCUT2D eigenvalue weighted by Crippen LogP contribution is 2.37. The first-order valence-corrected chi connectivity index (χ1v) is 15.1. The first kappa shape index (κ1) is 29.2. The molecule has 0 spiro atoms. The van der Waals surface area contributed by atoms with E-state index in [9.17, 15) is 0 Å². The first-order chi connectivity index (χ1) is 20.6. The molecule has 43 heavy (non-hydrogen) atoms. The Morgan fingerprint density at radius 1 is 0.930 bits per heavy atom. The summed E-state index contributed by atoms with van der Waals surface area (Å²) in [5.41, 5.74) is 13.4. The summed E-state index contributed by atoms with van der Waals surface area (Å²) < 4.78 is 7.88. The van der Waals surface area contributed by atoms with Crippen LogP contribution in [0.1, 0.15) is 43.2 Å². The molecule has 0 radical (unpaired) electrons. The molecule has 0 aliphatic carbocycles. The Bertz CT molecular complexity index is 1620. The molecule has 4 aromatic rings. The smallest absolute Gasteiger partial charge is 0.138 e. The lowest BCUT2D eigenvalue weighted by atomic mass is 9.87. The molecule has 224 valence electrons. The lowest BCUT2D eigenvalue weighted by Crippen LogP contribution is -2.43. The van der Waals surface area contributed by atoms with E-state index in [0.29, 0.717) is 29.9 Å². The second-order valence-corrected chi connectivity index (χ2v) is 12.8. The lowest BCUT2D eigenvalue weighted by Gasteiger charge is -2.31. The maximum Gasteiger partial charge on any atom is 0.138 e. The zero-order valence-electron chi connectivity index (χ0n) is 25.3. The molecule has 2 aliphatic rings. The Hall–Kier alpha value is -3.92. The van der Waals surface area contributed by atoms with Crippen molar-refractivity contribution in [1.29, 1.82) is 0 Å². The van der Waals surface area contributed by atoms with E-state index in [0.717, 1.165) is 66.6 Å². The zero-order chi connectivity index (χ0) is 30.1. The van der Waals surface area contributed by atoms with Crippen LogP contribution in [0.4, 0.5) is 11.4 Å². The number of aromatic nitrogens is 3. The molecule has 6 rings (SSSR count). The number of nitrogens with two attached hydrogens (primary N) is 1. The van der Waals surface area contributed by atoms with Crippen LogP contribution >= 0.6 is 11.6 Å². The fourth-order valence-corrected chi connectivity index (χ4v) is 5.63. The number of anilines is 2. The van der Waals surface area contributed by atoms with Gasteiger partial charge in [0.05, 0.1) is 28.3 Å². The standard InChI is InChI=1S/C33H39ClN8O/c1-33(2,3)24-7-5-23(6-8-24)21-43-31-12-10-26(18-29(31)34)41-22-36-32(35)28-17-27(9-11-30(28)41)42-20-25(37-38-42)19-40-15-13-39(4)14-16-40/h5-12,17-18,20H,13-16,19,21-22H2,1-4H3,(H2,35,36). The van der Waals surface area contributed by atoms with Crippen LogP contribution in [0.25, 0.3) is 5.69 Å². The Labute approximate surface area is 258 Å². The summed E-state index contributed by atoms with van der Waals surface area (Å²) in [6.07, 6.45) is 1.99. The molecular weight excluding hydrogens is 560 g/mol. The first-order valence-electron chi connectivity index (χ1n) is 14.7. The van der Waals surface area contributed by atoms with Crippen molar-refractivity contribution >= 4 is 28.8 Å². The van der Waals surface area contributed by atoms with Gasteiger partial charge >= 0.3 is 0 Å². The van der Waals surface area contributed by atoms with Gasteiger partial charge in [-0.25, -0.2) is 9.67 Å². The van der Waals surface area contributed by atoms with Crippen LogP contribution in [-0.2, 0) is 18.6 Å². The molecular formula is C33H39ClN8O. The van der Waals surface area contributed by atoms with Crippen LogP contribution in [0.15, 0.2) is 71.9 Å². The molecule has 0 unspecified atom stereocenters. The largest absolute Gasteiger partial charge is 0.487 e. The monoisotopic (exact) mass is 598 g/mol. The summed E-state index contributed by atoms with van der Waals surface area (Å²) >= 11 is 6.70. The molecule has 0 amide bonds. The lowest BCUT2D eigenvalue weighted by molar-refractivity contribution is 0.147. The van der Waals surface area contributed by atoms with Crippen molar-refractivity contribution in [2.75, 3.05) is 44.8 Å². The minimum atomic E-state index is 0.117. The number of nitrogens with zero attached hydrogens (tertiary/aromatic N) is 7. The van der Waals surface area contributed by atoms with Crippen molar-refractivity contribution in [2.45, 2.75) is 39.3 Å². The van der Waals surface area contributed by atoms with Gasteiger partial charge in [-0.15, -0.1) is 5.10 Å². The van der Waals surface area contributed by atoms with Gasteiger partial charge in [-0.05, 0) is 60.0 Å². The molecule has 1 saturated heterocycles. The number of amidine groups is 1. The van der Waals surface area contributed by atoms with Gasteiger partial charge in [0, 0.05) is 44.0 Å². The number of ether oxygens (including phenoxy) is 1. The number of halogens is 1. The Balaban J connectivity index is 1.15. The molecule has 1 aromatic heterocycles. The van der Waals surface area contributed by atoms with Crippen LogP contribution in [0.5, 0.6) is 5.75 Å². The molecule has 9 nitrogen and oxygen atoms in total. The van der Waals surface area contributed by atoms with E-state index in [2.05, 4.69) is 82.1 Å². The summed E-state index contributed by atoms with van der Waals surface area (Å²) in [4.78, 5) is 11.4. The summed E-state index contributed by atoms with van der Waals surface area (Å²) in [6, 6.07) is 20.5. The minimum absolute atomic E-state index is 0.117. The minimum Gasteiger partial charge on any atom is -0.487 e.